The minimum atomic E-state index is 0.324. The molecule has 0 atom stereocenters. The number of aromatic hydroxyl groups is 1. The van der Waals surface area contributed by atoms with Crippen LogP contribution in [0.2, 0.25) is 0 Å². The van der Waals surface area contributed by atoms with E-state index in [0.29, 0.717) is 11.7 Å². The Labute approximate surface area is 82.0 Å². The van der Waals surface area contributed by atoms with Crippen molar-refractivity contribution in [2.24, 2.45) is 7.05 Å². The summed E-state index contributed by atoms with van der Waals surface area (Å²) in [5.41, 5.74) is 2.01. The van der Waals surface area contributed by atoms with Gasteiger partial charge < -0.3 is 5.11 Å². The zero-order chi connectivity index (χ0) is 9.71. The van der Waals surface area contributed by atoms with Crippen LogP contribution >= 0.6 is 0 Å². The van der Waals surface area contributed by atoms with Crippen molar-refractivity contribution in [2.75, 3.05) is 0 Å². The zero-order valence-electron chi connectivity index (χ0n) is 8.07. The number of hydrogen-bond donors (Lipinski definition) is 1. The summed E-state index contributed by atoms with van der Waals surface area (Å²) in [7, 11) is 1.88. The van der Waals surface area contributed by atoms with Gasteiger partial charge in [0.05, 0.1) is 5.69 Å². The fourth-order valence-electron chi connectivity index (χ4n) is 2.00. The van der Waals surface area contributed by atoms with Crippen molar-refractivity contribution >= 4 is 10.9 Å². The number of para-hydroxylation sites is 1. The molecule has 1 fully saturated rings. The highest BCUT2D eigenvalue weighted by molar-refractivity contribution is 5.87. The summed E-state index contributed by atoms with van der Waals surface area (Å²) in [4.78, 5) is 0. The second kappa shape index (κ2) is 2.50. The monoisotopic (exact) mass is 188 g/mol. The maximum atomic E-state index is 9.71. The standard InChI is InChI=1S/C11H12N2O/c1-13-11-8(3-2-4-9(11)14)10(12-13)7-5-6-7/h2-4,7,14H,5-6H2,1H3. The quantitative estimate of drug-likeness (QED) is 0.744. The van der Waals surface area contributed by atoms with E-state index in [2.05, 4.69) is 5.10 Å². The first-order valence-electron chi connectivity index (χ1n) is 4.92. The lowest BCUT2D eigenvalue weighted by Crippen LogP contribution is -1.90. The maximum Gasteiger partial charge on any atom is 0.141 e. The Bertz CT molecular complexity index is 497. The van der Waals surface area contributed by atoms with Crippen LogP contribution in [0.4, 0.5) is 0 Å². The summed E-state index contributed by atoms with van der Waals surface area (Å²) in [5, 5.41) is 15.3. The van der Waals surface area contributed by atoms with Crippen molar-refractivity contribution in [1.29, 1.82) is 0 Å². The van der Waals surface area contributed by atoms with Crippen LogP contribution in [0.1, 0.15) is 24.5 Å². The Kier molecular flexibility index (Phi) is 1.40. The average Bonchev–Trinajstić information content (AvgIpc) is 2.93. The van der Waals surface area contributed by atoms with Gasteiger partial charge in [0, 0.05) is 18.4 Å². The van der Waals surface area contributed by atoms with Crippen molar-refractivity contribution < 1.29 is 5.11 Å². The Hall–Kier alpha value is -1.51. The van der Waals surface area contributed by atoms with E-state index in [1.165, 1.54) is 12.8 Å². The topological polar surface area (TPSA) is 38.0 Å². The number of phenolic OH excluding ortho intramolecular Hbond substituents is 1. The largest absolute Gasteiger partial charge is 0.506 e. The molecule has 1 saturated carbocycles. The zero-order valence-corrected chi connectivity index (χ0v) is 8.07. The molecule has 1 aromatic carbocycles. The fourth-order valence-corrected chi connectivity index (χ4v) is 2.00. The normalized spacial score (nSPS) is 16.4. The Morgan fingerprint density at radius 1 is 1.43 bits per heavy atom. The van der Waals surface area contributed by atoms with Crippen molar-refractivity contribution in [2.45, 2.75) is 18.8 Å². The van der Waals surface area contributed by atoms with Gasteiger partial charge in [0.2, 0.25) is 0 Å². The Morgan fingerprint density at radius 3 is 2.93 bits per heavy atom. The molecule has 3 heteroatoms. The predicted molar refractivity (Wildman–Crippen MR) is 54.4 cm³/mol. The van der Waals surface area contributed by atoms with Gasteiger partial charge in [-0.2, -0.15) is 5.10 Å². The van der Waals surface area contributed by atoms with Gasteiger partial charge in [0.25, 0.3) is 0 Å². The Balaban J connectivity index is 2.37. The first kappa shape index (κ1) is 7.85. The molecule has 1 N–H and O–H groups in total. The highest BCUT2D eigenvalue weighted by Crippen LogP contribution is 2.43. The number of benzene rings is 1. The molecule has 3 nitrogen and oxygen atoms in total. The maximum absolute atomic E-state index is 9.71. The summed E-state index contributed by atoms with van der Waals surface area (Å²) < 4.78 is 1.78. The SMILES string of the molecule is Cn1nc(C2CC2)c2cccc(O)c21. The highest BCUT2D eigenvalue weighted by atomic mass is 16.3. The highest BCUT2D eigenvalue weighted by Gasteiger charge is 2.29. The molecule has 0 saturated heterocycles. The van der Waals surface area contributed by atoms with Crippen LogP contribution in [-0.4, -0.2) is 14.9 Å². The number of hydrogen-bond acceptors (Lipinski definition) is 2. The van der Waals surface area contributed by atoms with Gasteiger partial charge in [-0.1, -0.05) is 12.1 Å². The summed E-state index contributed by atoms with van der Waals surface area (Å²) >= 11 is 0. The third-order valence-corrected chi connectivity index (χ3v) is 2.84. The number of aryl methyl sites for hydroxylation is 1. The molecule has 72 valence electrons. The van der Waals surface area contributed by atoms with E-state index in [0.717, 1.165) is 16.6 Å². The molecule has 1 aliphatic rings. The average molecular weight is 188 g/mol. The third kappa shape index (κ3) is 0.953. The van der Waals surface area contributed by atoms with Crippen LogP contribution in [0.15, 0.2) is 18.2 Å². The van der Waals surface area contributed by atoms with Crippen LogP contribution in [0.5, 0.6) is 5.75 Å². The molecule has 2 aromatic rings. The van der Waals surface area contributed by atoms with Crippen LogP contribution < -0.4 is 0 Å². The molecule has 0 amide bonds. The van der Waals surface area contributed by atoms with E-state index in [4.69, 9.17) is 0 Å². The lowest BCUT2D eigenvalue weighted by Gasteiger charge is -1.96. The molecule has 3 rings (SSSR count). The lowest BCUT2D eigenvalue weighted by atomic mass is 10.1. The molecule has 0 spiro atoms. The molecule has 14 heavy (non-hydrogen) atoms. The van der Waals surface area contributed by atoms with Crippen LogP contribution in [0.25, 0.3) is 10.9 Å². The number of phenols is 1. The van der Waals surface area contributed by atoms with E-state index < -0.39 is 0 Å². The van der Waals surface area contributed by atoms with Gasteiger partial charge in [-0.15, -0.1) is 0 Å². The van der Waals surface area contributed by atoms with Crippen molar-refractivity contribution in [3.63, 3.8) is 0 Å². The van der Waals surface area contributed by atoms with E-state index in [1.807, 2.05) is 19.2 Å². The van der Waals surface area contributed by atoms with Gasteiger partial charge in [0.1, 0.15) is 11.3 Å². The van der Waals surface area contributed by atoms with Gasteiger partial charge in [-0.05, 0) is 18.9 Å². The van der Waals surface area contributed by atoms with Crippen molar-refractivity contribution in [1.82, 2.24) is 9.78 Å². The van der Waals surface area contributed by atoms with E-state index in [-0.39, 0.29) is 0 Å². The minimum absolute atomic E-state index is 0.324. The number of nitrogens with zero attached hydrogens (tertiary/aromatic N) is 2. The number of rotatable bonds is 1. The minimum Gasteiger partial charge on any atom is -0.506 e. The number of aromatic nitrogens is 2. The summed E-state index contributed by atoms with van der Waals surface area (Å²) in [6.45, 7) is 0. The molecule has 0 radical (unpaired) electrons. The molecule has 0 aliphatic heterocycles. The van der Waals surface area contributed by atoms with E-state index in [1.54, 1.807) is 10.7 Å². The van der Waals surface area contributed by atoms with Crippen LogP contribution in [0, 0.1) is 0 Å². The van der Waals surface area contributed by atoms with Crippen LogP contribution in [0.3, 0.4) is 0 Å². The second-order valence-corrected chi connectivity index (χ2v) is 3.96. The first-order chi connectivity index (χ1) is 6.77. The summed E-state index contributed by atoms with van der Waals surface area (Å²) in [6, 6.07) is 5.63. The smallest absolute Gasteiger partial charge is 0.141 e. The van der Waals surface area contributed by atoms with Gasteiger partial charge >= 0.3 is 0 Å². The lowest BCUT2D eigenvalue weighted by molar-refractivity contribution is 0.477. The van der Waals surface area contributed by atoms with Gasteiger partial charge in [0.15, 0.2) is 0 Å². The van der Waals surface area contributed by atoms with Crippen LogP contribution in [-0.2, 0) is 7.05 Å². The molecule has 1 heterocycles. The summed E-state index contributed by atoms with van der Waals surface area (Å²) in [6.07, 6.45) is 2.48. The molecule has 0 unspecified atom stereocenters. The number of fused-ring (bicyclic) bond motifs is 1. The first-order valence-corrected chi connectivity index (χ1v) is 4.92. The van der Waals surface area contributed by atoms with Crippen molar-refractivity contribution in [3.05, 3.63) is 23.9 Å². The Morgan fingerprint density at radius 2 is 2.21 bits per heavy atom. The summed E-state index contributed by atoms with van der Waals surface area (Å²) in [5.74, 6) is 0.949. The van der Waals surface area contributed by atoms with Gasteiger partial charge in [-0.3, -0.25) is 4.68 Å². The van der Waals surface area contributed by atoms with Gasteiger partial charge in [-0.25, -0.2) is 0 Å². The van der Waals surface area contributed by atoms with E-state index in [9.17, 15) is 5.11 Å². The molecule has 0 bridgehead atoms. The molecule has 1 aromatic heterocycles. The van der Waals surface area contributed by atoms with Crippen molar-refractivity contribution in [3.8, 4) is 5.75 Å². The third-order valence-electron chi connectivity index (χ3n) is 2.84. The molecular formula is C11H12N2O. The molecular weight excluding hydrogens is 176 g/mol. The molecule has 1 aliphatic carbocycles. The second-order valence-electron chi connectivity index (χ2n) is 3.96. The predicted octanol–water partition coefficient (Wildman–Crippen LogP) is 2.16. The van der Waals surface area contributed by atoms with E-state index >= 15 is 0 Å². The fraction of sp³-hybridized carbons (Fsp3) is 0.364.